The van der Waals surface area contributed by atoms with Gasteiger partial charge in [0.25, 0.3) is 0 Å². The molecule has 0 spiro atoms. The van der Waals surface area contributed by atoms with E-state index in [1.54, 1.807) is 7.05 Å². The lowest BCUT2D eigenvalue weighted by atomic mass is 10.1. The molecular weight excluding hydrogens is 226 g/mol. The number of aromatic nitrogens is 2. The first-order chi connectivity index (χ1) is 8.58. The number of aryl methyl sites for hydroxylation is 3. The molecule has 1 heterocycles. The van der Waals surface area contributed by atoms with E-state index >= 15 is 0 Å². The predicted octanol–water partition coefficient (Wildman–Crippen LogP) is 3.24. The van der Waals surface area contributed by atoms with Crippen molar-refractivity contribution >= 4 is 5.95 Å². The fourth-order valence-electron chi connectivity index (χ4n) is 1.63. The summed E-state index contributed by atoms with van der Waals surface area (Å²) in [4.78, 5) is 8.51. The normalized spacial score (nSPS) is 10.2. The molecule has 0 saturated heterocycles. The van der Waals surface area contributed by atoms with Crippen molar-refractivity contribution in [2.24, 2.45) is 0 Å². The van der Waals surface area contributed by atoms with Crippen molar-refractivity contribution in [3.8, 4) is 11.6 Å². The van der Waals surface area contributed by atoms with Gasteiger partial charge in [0.1, 0.15) is 5.75 Å². The Kier molecular flexibility index (Phi) is 3.46. The van der Waals surface area contributed by atoms with Crippen LogP contribution in [0.1, 0.15) is 16.8 Å². The van der Waals surface area contributed by atoms with E-state index in [1.165, 1.54) is 0 Å². The first-order valence-corrected chi connectivity index (χ1v) is 5.87. The maximum atomic E-state index is 5.82. The van der Waals surface area contributed by atoms with Gasteiger partial charge in [0, 0.05) is 18.8 Å². The Morgan fingerprint density at radius 1 is 1.06 bits per heavy atom. The summed E-state index contributed by atoms with van der Waals surface area (Å²) in [6.07, 6.45) is 0. The summed E-state index contributed by atoms with van der Waals surface area (Å²) in [6.45, 7) is 5.97. The van der Waals surface area contributed by atoms with Crippen molar-refractivity contribution in [2.75, 3.05) is 12.4 Å². The van der Waals surface area contributed by atoms with Crippen LogP contribution in [0.3, 0.4) is 0 Å². The van der Waals surface area contributed by atoms with Crippen molar-refractivity contribution in [3.05, 3.63) is 41.1 Å². The van der Waals surface area contributed by atoms with E-state index in [0.717, 1.165) is 22.6 Å². The Hall–Kier alpha value is -2.10. The minimum Gasteiger partial charge on any atom is -0.439 e. The molecule has 4 heteroatoms. The third-order valence-corrected chi connectivity index (χ3v) is 2.61. The highest BCUT2D eigenvalue weighted by Gasteiger charge is 2.05. The van der Waals surface area contributed by atoms with Gasteiger partial charge in [-0.3, -0.25) is 0 Å². The number of ether oxygens (including phenoxy) is 1. The lowest BCUT2D eigenvalue weighted by molar-refractivity contribution is 0.458. The smallest absolute Gasteiger partial charge is 0.225 e. The van der Waals surface area contributed by atoms with Gasteiger partial charge in [0.15, 0.2) is 0 Å². The monoisotopic (exact) mass is 243 g/mol. The molecule has 1 aromatic carbocycles. The molecular formula is C14H17N3O. The van der Waals surface area contributed by atoms with Crippen LogP contribution >= 0.6 is 0 Å². The molecule has 0 atom stereocenters. The summed E-state index contributed by atoms with van der Waals surface area (Å²) in [6, 6.07) is 7.93. The molecule has 0 bridgehead atoms. The zero-order valence-corrected chi connectivity index (χ0v) is 11.1. The second-order valence-electron chi connectivity index (χ2n) is 4.29. The van der Waals surface area contributed by atoms with Crippen molar-refractivity contribution < 1.29 is 4.74 Å². The van der Waals surface area contributed by atoms with Gasteiger partial charge in [-0.1, -0.05) is 12.1 Å². The van der Waals surface area contributed by atoms with Crippen LogP contribution in [0.25, 0.3) is 0 Å². The summed E-state index contributed by atoms with van der Waals surface area (Å²) in [5, 5.41) is 2.92. The summed E-state index contributed by atoms with van der Waals surface area (Å²) in [5.41, 5.74) is 3.12. The molecule has 0 aliphatic carbocycles. The zero-order chi connectivity index (χ0) is 13.1. The molecule has 0 aliphatic heterocycles. The predicted molar refractivity (Wildman–Crippen MR) is 72.3 cm³/mol. The Bertz CT molecular complexity index is 567. The average Bonchev–Trinajstić information content (AvgIpc) is 2.33. The van der Waals surface area contributed by atoms with E-state index in [1.807, 2.05) is 39.0 Å². The van der Waals surface area contributed by atoms with Gasteiger partial charge in [-0.15, -0.1) is 0 Å². The third kappa shape index (κ3) is 2.77. The Labute approximate surface area is 107 Å². The standard InChI is InChI=1S/C14H17N3O/c1-9-5-6-10(2)12(7-9)18-13-8-11(3)16-14(15-4)17-13/h5-8H,1-4H3,(H,15,16,17). The number of hydrogen-bond donors (Lipinski definition) is 1. The molecule has 4 nitrogen and oxygen atoms in total. The summed E-state index contributed by atoms with van der Waals surface area (Å²) in [5.74, 6) is 1.95. The van der Waals surface area contributed by atoms with E-state index in [0.29, 0.717) is 11.8 Å². The lowest BCUT2D eigenvalue weighted by Gasteiger charge is -2.10. The van der Waals surface area contributed by atoms with Gasteiger partial charge in [-0.05, 0) is 38.0 Å². The second-order valence-corrected chi connectivity index (χ2v) is 4.29. The zero-order valence-electron chi connectivity index (χ0n) is 11.1. The Balaban J connectivity index is 2.33. The Morgan fingerprint density at radius 3 is 2.56 bits per heavy atom. The number of nitrogens with zero attached hydrogens (tertiary/aromatic N) is 2. The van der Waals surface area contributed by atoms with Crippen LogP contribution in [0.5, 0.6) is 11.6 Å². The van der Waals surface area contributed by atoms with E-state index in [4.69, 9.17) is 4.74 Å². The maximum Gasteiger partial charge on any atom is 0.225 e. The quantitative estimate of drug-likeness (QED) is 0.899. The van der Waals surface area contributed by atoms with Crippen molar-refractivity contribution in [2.45, 2.75) is 20.8 Å². The largest absolute Gasteiger partial charge is 0.439 e. The van der Waals surface area contributed by atoms with Crippen LogP contribution in [0, 0.1) is 20.8 Å². The average molecular weight is 243 g/mol. The molecule has 1 aromatic heterocycles. The number of hydrogen-bond acceptors (Lipinski definition) is 4. The molecule has 1 N–H and O–H groups in total. The van der Waals surface area contributed by atoms with E-state index < -0.39 is 0 Å². The van der Waals surface area contributed by atoms with Crippen LogP contribution in [0.2, 0.25) is 0 Å². The number of anilines is 1. The highest BCUT2D eigenvalue weighted by atomic mass is 16.5. The molecule has 94 valence electrons. The SMILES string of the molecule is CNc1nc(C)cc(Oc2cc(C)ccc2C)n1. The van der Waals surface area contributed by atoms with Gasteiger partial charge in [-0.2, -0.15) is 4.98 Å². The summed E-state index contributed by atoms with van der Waals surface area (Å²) in [7, 11) is 1.79. The number of benzene rings is 1. The minimum absolute atomic E-state index is 0.556. The van der Waals surface area contributed by atoms with Gasteiger partial charge in [-0.25, -0.2) is 4.98 Å². The molecule has 0 fully saturated rings. The van der Waals surface area contributed by atoms with Crippen LogP contribution in [0.4, 0.5) is 5.95 Å². The molecule has 18 heavy (non-hydrogen) atoms. The second kappa shape index (κ2) is 5.04. The van der Waals surface area contributed by atoms with Crippen molar-refractivity contribution in [1.29, 1.82) is 0 Å². The molecule has 0 radical (unpaired) electrons. The first kappa shape index (κ1) is 12.4. The minimum atomic E-state index is 0.556. The van der Waals surface area contributed by atoms with Gasteiger partial charge >= 0.3 is 0 Å². The van der Waals surface area contributed by atoms with Gasteiger partial charge < -0.3 is 10.1 Å². The lowest BCUT2D eigenvalue weighted by Crippen LogP contribution is -2.00. The molecule has 2 rings (SSSR count). The highest BCUT2D eigenvalue weighted by Crippen LogP contribution is 2.25. The fraction of sp³-hybridized carbons (Fsp3) is 0.286. The number of rotatable bonds is 3. The topological polar surface area (TPSA) is 47.0 Å². The van der Waals surface area contributed by atoms with E-state index in [9.17, 15) is 0 Å². The third-order valence-electron chi connectivity index (χ3n) is 2.61. The van der Waals surface area contributed by atoms with Crippen LogP contribution in [-0.2, 0) is 0 Å². The molecule has 0 aliphatic rings. The van der Waals surface area contributed by atoms with Crippen LogP contribution in [0.15, 0.2) is 24.3 Å². The van der Waals surface area contributed by atoms with Gasteiger partial charge in [0.2, 0.25) is 11.8 Å². The Morgan fingerprint density at radius 2 is 1.83 bits per heavy atom. The van der Waals surface area contributed by atoms with E-state index in [-0.39, 0.29) is 0 Å². The molecule has 0 amide bonds. The van der Waals surface area contributed by atoms with E-state index in [2.05, 4.69) is 21.4 Å². The number of nitrogens with one attached hydrogen (secondary N) is 1. The molecule has 2 aromatic rings. The summed E-state index contributed by atoms with van der Waals surface area (Å²) < 4.78 is 5.82. The van der Waals surface area contributed by atoms with Crippen LogP contribution in [-0.4, -0.2) is 17.0 Å². The first-order valence-electron chi connectivity index (χ1n) is 5.87. The van der Waals surface area contributed by atoms with Crippen LogP contribution < -0.4 is 10.1 Å². The fourth-order valence-corrected chi connectivity index (χ4v) is 1.63. The molecule has 0 saturated carbocycles. The maximum absolute atomic E-state index is 5.82. The van der Waals surface area contributed by atoms with Crippen molar-refractivity contribution in [3.63, 3.8) is 0 Å². The molecule has 0 unspecified atom stereocenters. The highest BCUT2D eigenvalue weighted by molar-refractivity contribution is 5.39. The van der Waals surface area contributed by atoms with Crippen molar-refractivity contribution in [1.82, 2.24) is 9.97 Å². The van der Waals surface area contributed by atoms with Gasteiger partial charge in [0.05, 0.1) is 0 Å². The summed E-state index contributed by atoms with van der Waals surface area (Å²) >= 11 is 0.